The molecule has 0 saturated carbocycles. The summed E-state index contributed by atoms with van der Waals surface area (Å²) >= 11 is 0. The molecule has 1 aromatic heterocycles. The van der Waals surface area contributed by atoms with Crippen LogP contribution in [0.1, 0.15) is 48.1 Å². The molecule has 2 heterocycles. The molecule has 31 heavy (non-hydrogen) atoms. The Hall–Kier alpha value is -2.41. The monoisotopic (exact) mass is 432 g/mol. The molecule has 1 aliphatic heterocycles. The van der Waals surface area contributed by atoms with Crippen molar-refractivity contribution < 1.29 is 13.6 Å². The summed E-state index contributed by atoms with van der Waals surface area (Å²) in [5.41, 5.74) is 3.18. The van der Waals surface area contributed by atoms with E-state index in [1.165, 1.54) is 18.2 Å². The van der Waals surface area contributed by atoms with E-state index in [0.717, 1.165) is 49.7 Å². The van der Waals surface area contributed by atoms with Crippen LogP contribution in [-0.4, -0.2) is 54.6 Å². The number of rotatable bonds is 7. The van der Waals surface area contributed by atoms with Crippen molar-refractivity contribution in [2.24, 2.45) is 5.92 Å². The summed E-state index contributed by atoms with van der Waals surface area (Å²) in [6.07, 6.45) is 0. The Kier molecular flexibility index (Phi) is 7.36. The van der Waals surface area contributed by atoms with Gasteiger partial charge in [-0.3, -0.25) is 4.79 Å². The van der Waals surface area contributed by atoms with Crippen LogP contribution in [0.4, 0.5) is 14.5 Å². The maximum Gasteiger partial charge on any atom is 0.268 e. The van der Waals surface area contributed by atoms with Crippen molar-refractivity contribution in [3.05, 3.63) is 52.3 Å². The first-order valence-corrected chi connectivity index (χ1v) is 11.1. The van der Waals surface area contributed by atoms with Crippen molar-refractivity contribution in [1.82, 2.24) is 14.8 Å². The van der Waals surface area contributed by atoms with Gasteiger partial charge in [0.25, 0.3) is 5.91 Å². The van der Waals surface area contributed by atoms with Crippen molar-refractivity contribution in [2.75, 3.05) is 44.2 Å². The Balaban J connectivity index is 2.03. The molecule has 1 saturated heterocycles. The molecule has 2 aromatic rings. The average Bonchev–Trinajstić information content (AvgIpc) is 2.98. The lowest BCUT2D eigenvalue weighted by Gasteiger charge is -2.36. The summed E-state index contributed by atoms with van der Waals surface area (Å²) in [4.78, 5) is 17.8. The second-order valence-corrected chi connectivity index (χ2v) is 8.72. The number of carbonyl (C=O) groups is 1. The fourth-order valence-electron chi connectivity index (χ4n) is 4.35. The minimum atomic E-state index is -0.600. The van der Waals surface area contributed by atoms with Crippen molar-refractivity contribution >= 4 is 11.6 Å². The molecule has 0 aliphatic carbocycles. The average molecular weight is 433 g/mol. The van der Waals surface area contributed by atoms with Gasteiger partial charge < -0.3 is 19.7 Å². The van der Waals surface area contributed by atoms with Gasteiger partial charge in [0.2, 0.25) is 0 Å². The molecule has 1 aliphatic rings. The fourth-order valence-corrected chi connectivity index (χ4v) is 4.35. The van der Waals surface area contributed by atoms with Crippen LogP contribution < -0.4 is 10.2 Å². The van der Waals surface area contributed by atoms with Crippen LogP contribution in [0.15, 0.2) is 18.2 Å². The molecular weight excluding hydrogens is 398 g/mol. The molecular formula is C24H34F2N4O. The van der Waals surface area contributed by atoms with Crippen LogP contribution in [0.25, 0.3) is 0 Å². The molecule has 0 unspecified atom stereocenters. The van der Waals surface area contributed by atoms with Crippen molar-refractivity contribution in [2.45, 2.75) is 41.2 Å². The number of benzene rings is 1. The molecule has 1 aromatic carbocycles. The lowest BCUT2D eigenvalue weighted by molar-refractivity contribution is 0.0939. The summed E-state index contributed by atoms with van der Waals surface area (Å²) in [5, 5.41) is 2.98. The van der Waals surface area contributed by atoms with Gasteiger partial charge in [0, 0.05) is 49.5 Å². The van der Waals surface area contributed by atoms with Crippen LogP contribution in [0.3, 0.4) is 0 Å². The van der Waals surface area contributed by atoms with Crippen molar-refractivity contribution in [3.8, 4) is 0 Å². The Labute approximate surface area is 184 Å². The second kappa shape index (κ2) is 9.81. The zero-order valence-corrected chi connectivity index (χ0v) is 19.3. The van der Waals surface area contributed by atoms with E-state index in [9.17, 15) is 13.6 Å². The maximum absolute atomic E-state index is 14.4. The zero-order chi connectivity index (χ0) is 22.7. The van der Waals surface area contributed by atoms with Crippen LogP contribution in [0.2, 0.25) is 0 Å². The number of hydrogen-bond donors (Lipinski definition) is 1. The molecule has 1 fully saturated rings. The summed E-state index contributed by atoms with van der Waals surface area (Å²) in [5.74, 6) is -1.10. The van der Waals surface area contributed by atoms with Gasteiger partial charge in [-0.25, -0.2) is 8.78 Å². The van der Waals surface area contributed by atoms with E-state index in [2.05, 4.69) is 22.0 Å². The number of likely N-dealkylation sites (N-methyl/N-ethyl adjacent to an activating group) is 1. The van der Waals surface area contributed by atoms with Gasteiger partial charge in [-0.05, 0) is 38.4 Å². The number of aromatic nitrogens is 1. The van der Waals surface area contributed by atoms with Gasteiger partial charge >= 0.3 is 0 Å². The predicted molar refractivity (Wildman–Crippen MR) is 121 cm³/mol. The van der Waals surface area contributed by atoms with Crippen molar-refractivity contribution in [3.63, 3.8) is 0 Å². The highest BCUT2D eigenvalue weighted by molar-refractivity contribution is 5.96. The largest absolute Gasteiger partial charge is 0.367 e. The molecule has 3 rings (SSSR count). The molecule has 0 atom stereocenters. The lowest BCUT2D eigenvalue weighted by Crippen LogP contribution is -2.46. The van der Waals surface area contributed by atoms with Crippen LogP contribution in [0.5, 0.6) is 0 Å². The predicted octanol–water partition coefficient (Wildman–Crippen LogP) is 3.96. The zero-order valence-electron chi connectivity index (χ0n) is 19.3. The van der Waals surface area contributed by atoms with Gasteiger partial charge in [0.05, 0.1) is 12.2 Å². The van der Waals surface area contributed by atoms with Crippen molar-refractivity contribution in [1.29, 1.82) is 0 Å². The number of nitrogens with one attached hydrogen (secondary N) is 1. The first-order chi connectivity index (χ1) is 14.7. The standard InChI is InChI=1S/C24H34F2N4O/c1-6-28-10-12-29(13-11-28)22-17(4)23(24(31)27-14-16(2)3)30(18(22)5)15-19-20(25)8-7-9-21(19)26/h7-9,16H,6,10-15H2,1-5H3,(H,27,31). The van der Waals surface area contributed by atoms with Gasteiger partial charge in [-0.15, -0.1) is 0 Å². The Bertz CT molecular complexity index is 910. The number of hydrogen-bond acceptors (Lipinski definition) is 3. The number of piperazine rings is 1. The summed E-state index contributed by atoms with van der Waals surface area (Å²) < 4.78 is 30.6. The highest BCUT2D eigenvalue weighted by Gasteiger charge is 2.28. The Morgan fingerprint density at radius 2 is 1.71 bits per heavy atom. The SMILES string of the molecule is CCN1CCN(c2c(C)c(C(=O)NCC(C)C)n(Cc3c(F)cccc3F)c2C)CC1. The van der Waals surface area contributed by atoms with Gasteiger partial charge in [0.1, 0.15) is 17.3 Å². The smallest absolute Gasteiger partial charge is 0.268 e. The maximum atomic E-state index is 14.4. The fraction of sp³-hybridized carbons (Fsp3) is 0.542. The Morgan fingerprint density at radius 1 is 1.10 bits per heavy atom. The number of nitrogens with zero attached hydrogens (tertiary/aromatic N) is 3. The highest BCUT2D eigenvalue weighted by atomic mass is 19.1. The number of amides is 1. The van der Waals surface area contributed by atoms with E-state index in [-0.39, 0.29) is 18.0 Å². The van der Waals surface area contributed by atoms with E-state index < -0.39 is 11.6 Å². The van der Waals surface area contributed by atoms with E-state index in [1.54, 1.807) is 4.57 Å². The third kappa shape index (κ3) is 4.92. The number of halogens is 2. The van der Waals surface area contributed by atoms with E-state index in [4.69, 9.17) is 0 Å². The summed E-state index contributed by atoms with van der Waals surface area (Å²) in [6, 6.07) is 3.87. The molecule has 5 nitrogen and oxygen atoms in total. The number of carbonyl (C=O) groups excluding carboxylic acids is 1. The summed E-state index contributed by atoms with van der Waals surface area (Å²) in [7, 11) is 0. The minimum Gasteiger partial charge on any atom is -0.367 e. The first-order valence-electron chi connectivity index (χ1n) is 11.1. The van der Waals surface area contributed by atoms with Crippen LogP contribution >= 0.6 is 0 Å². The van der Waals surface area contributed by atoms with Gasteiger partial charge in [-0.1, -0.05) is 26.8 Å². The topological polar surface area (TPSA) is 40.5 Å². The van der Waals surface area contributed by atoms with Crippen LogP contribution in [0, 0.1) is 31.4 Å². The molecule has 0 bridgehead atoms. The molecule has 170 valence electrons. The Morgan fingerprint density at radius 3 is 2.26 bits per heavy atom. The summed E-state index contributed by atoms with van der Waals surface area (Å²) in [6.45, 7) is 15.3. The van der Waals surface area contributed by atoms with Crippen LogP contribution in [-0.2, 0) is 6.54 Å². The second-order valence-electron chi connectivity index (χ2n) is 8.72. The first kappa shape index (κ1) is 23.3. The molecule has 1 N–H and O–H groups in total. The van der Waals surface area contributed by atoms with Gasteiger partial charge in [0.15, 0.2) is 0 Å². The quantitative estimate of drug-likeness (QED) is 0.720. The molecule has 0 radical (unpaired) electrons. The van der Waals surface area contributed by atoms with E-state index >= 15 is 0 Å². The van der Waals surface area contributed by atoms with Gasteiger partial charge in [-0.2, -0.15) is 0 Å². The molecule has 0 spiro atoms. The molecule has 1 amide bonds. The van der Waals surface area contributed by atoms with E-state index in [1.807, 2.05) is 27.7 Å². The third-order valence-corrected chi connectivity index (χ3v) is 6.13. The van der Waals surface area contributed by atoms with E-state index in [0.29, 0.717) is 18.2 Å². The highest BCUT2D eigenvalue weighted by Crippen LogP contribution is 2.33. The normalized spacial score (nSPS) is 15.0. The minimum absolute atomic E-state index is 0.0233. The molecule has 7 heteroatoms. The number of anilines is 1. The lowest BCUT2D eigenvalue weighted by atomic mass is 10.1. The third-order valence-electron chi connectivity index (χ3n) is 6.13.